The van der Waals surface area contributed by atoms with Gasteiger partial charge in [-0.05, 0) is 6.07 Å². The summed E-state index contributed by atoms with van der Waals surface area (Å²) in [5, 5.41) is 6.10. The molecular formula is C11H15N7O2S. The Morgan fingerprint density at radius 2 is 1.81 bits per heavy atom. The maximum atomic E-state index is 12.4. The molecule has 0 aliphatic carbocycles. The van der Waals surface area contributed by atoms with Crippen LogP contribution in [-0.4, -0.2) is 59.1 Å². The molecule has 0 amide bonds. The van der Waals surface area contributed by atoms with Crippen molar-refractivity contribution < 1.29 is 8.42 Å². The summed E-state index contributed by atoms with van der Waals surface area (Å²) >= 11 is 0. The van der Waals surface area contributed by atoms with Crippen LogP contribution in [0, 0.1) is 0 Å². The number of aromatic nitrogens is 4. The van der Waals surface area contributed by atoms with Gasteiger partial charge in [-0.25, -0.2) is 18.4 Å². The van der Waals surface area contributed by atoms with E-state index in [0.29, 0.717) is 32.1 Å². The van der Waals surface area contributed by atoms with Crippen molar-refractivity contribution >= 4 is 21.8 Å². The first-order valence-electron chi connectivity index (χ1n) is 6.40. The summed E-state index contributed by atoms with van der Waals surface area (Å²) in [6, 6.07) is 1.74. The molecule has 0 spiro atoms. The molecule has 0 bridgehead atoms. The van der Waals surface area contributed by atoms with Gasteiger partial charge in [0.25, 0.3) is 0 Å². The van der Waals surface area contributed by atoms with Gasteiger partial charge in [0.05, 0.1) is 6.20 Å². The van der Waals surface area contributed by atoms with Crippen molar-refractivity contribution in [1.29, 1.82) is 0 Å². The maximum Gasteiger partial charge on any atom is 0.248 e. The van der Waals surface area contributed by atoms with Gasteiger partial charge < -0.3 is 10.6 Å². The van der Waals surface area contributed by atoms with Crippen LogP contribution in [0.25, 0.3) is 0 Å². The third-order valence-electron chi connectivity index (χ3n) is 3.32. The lowest BCUT2D eigenvalue weighted by Gasteiger charge is -2.33. The van der Waals surface area contributed by atoms with Gasteiger partial charge in [0.1, 0.15) is 10.7 Å². The number of anilines is 2. The van der Waals surface area contributed by atoms with Crippen molar-refractivity contribution in [2.45, 2.75) is 4.90 Å². The second-order valence-electron chi connectivity index (χ2n) is 4.59. The molecule has 3 rings (SSSR count). The second-order valence-corrected chi connectivity index (χ2v) is 6.49. The number of hydrogen-bond acceptors (Lipinski definition) is 7. The highest BCUT2D eigenvalue weighted by Crippen LogP contribution is 2.21. The van der Waals surface area contributed by atoms with Gasteiger partial charge in [-0.15, -0.1) is 0 Å². The van der Waals surface area contributed by atoms with Crippen LogP contribution in [0.4, 0.5) is 11.8 Å². The summed E-state index contributed by atoms with van der Waals surface area (Å²) in [5.74, 6) is 0.668. The van der Waals surface area contributed by atoms with Crippen molar-refractivity contribution in [1.82, 2.24) is 24.5 Å². The third-order valence-corrected chi connectivity index (χ3v) is 5.25. The molecular weight excluding hydrogens is 294 g/mol. The molecule has 9 nitrogen and oxygen atoms in total. The molecule has 3 heterocycles. The number of aromatic amines is 1. The molecule has 1 aliphatic rings. The quantitative estimate of drug-likeness (QED) is 0.768. The predicted octanol–water partition coefficient (Wildman–Crippen LogP) is -0.707. The standard InChI is InChI=1S/C11H15N7O2S/c12-10-9(8-15-16-10)21(19,20)18-6-4-17(5-7-18)11-13-2-1-3-14-11/h1-3,8H,4-7H2,(H3,12,15,16). The Labute approximate surface area is 121 Å². The monoisotopic (exact) mass is 309 g/mol. The van der Waals surface area contributed by atoms with Crippen LogP contribution in [-0.2, 0) is 10.0 Å². The van der Waals surface area contributed by atoms with E-state index in [1.165, 1.54) is 10.5 Å². The Morgan fingerprint density at radius 3 is 2.38 bits per heavy atom. The van der Waals surface area contributed by atoms with Crippen LogP contribution < -0.4 is 10.6 Å². The minimum atomic E-state index is -3.61. The summed E-state index contributed by atoms with van der Waals surface area (Å²) in [7, 11) is -3.61. The van der Waals surface area contributed by atoms with Crippen LogP contribution >= 0.6 is 0 Å². The average molecular weight is 309 g/mol. The highest BCUT2D eigenvalue weighted by atomic mass is 32.2. The molecule has 0 radical (unpaired) electrons. The first kappa shape index (κ1) is 13.8. The molecule has 2 aromatic rings. The van der Waals surface area contributed by atoms with Crippen LogP contribution in [0.1, 0.15) is 0 Å². The number of rotatable bonds is 3. The van der Waals surface area contributed by atoms with Gasteiger partial charge >= 0.3 is 0 Å². The smallest absolute Gasteiger partial charge is 0.248 e. The minimum absolute atomic E-state index is 0.0203. The zero-order valence-corrected chi connectivity index (χ0v) is 12.0. The van der Waals surface area contributed by atoms with Crippen LogP contribution in [0.2, 0.25) is 0 Å². The first-order chi connectivity index (χ1) is 10.1. The topological polar surface area (TPSA) is 121 Å². The van der Waals surface area contributed by atoms with E-state index in [4.69, 9.17) is 5.73 Å². The number of nitrogens with one attached hydrogen (secondary N) is 1. The van der Waals surface area contributed by atoms with Gasteiger partial charge in [0.2, 0.25) is 16.0 Å². The van der Waals surface area contributed by atoms with Gasteiger partial charge in [-0.3, -0.25) is 5.10 Å². The lowest BCUT2D eigenvalue weighted by Crippen LogP contribution is -2.49. The third kappa shape index (κ3) is 2.54. The van der Waals surface area contributed by atoms with E-state index < -0.39 is 10.0 Å². The van der Waals surface area contributed by atoms with E-state index in [9.17, 15) is 8.42 Å². The van der Waals surface area contributed by atoms with Gasteiger partial charge in [-0.1, -0.05) is 0 Å². The molecule has 0 atom stereocenters. The fourth-order valence-corrected chi connectivity index (χ4v) is 3.64. The van der Waals surface area contributed by atoms with Crippen molar-refractivity contribution in [2.75, 3.05) is 36.8 Å². The lowest BCUT2D eigenvalue weighted by atomic mass is 10.4. The molecule has 3 N–H and O–H groups in total. The first-order valence-corrected chi connectivity index (χ1v) is 7.84. The minimum Gasteiger partial charge on any atom is -0.383 e. The highest BCUT2D eigenvalue weighted by molar-refractivity contribution is 7.89. The Hall–Kier alpha value is -2.20. The normalized spacial score (nSPS) is 17.0. The molecule has 112 valence electrons. The zero-order chi connectivity index (χ0) is 14.9. The van der Waals surface area contributed by atoms with E-state index in [0.717, 1.165) is 0 Å². The molecule has 10 heteroatoms. The van der Waals surface area contributed by atoms with Crippen molar-refractivity contribution in [3.05, 3.63) is 24.7 Å². The number of nitrogens with two attached hydrogens (primary N) is 1. The Kier molecular flexibility index (Phi) is 3.47. The molecule has 0 aromatic carbocycles. The summed E-state index contributed by atoms with van der Waals surface area (Å²) in [6.45, 7) is 1.76. The number of H-pyrrole nitrogens is 1. The number of sulfonamides is 1. The van der Waals surface area contributed by atoms with Crippen molar-refractivity contribution in [2.24, 2.45) is 0 Å². The number of nitrogens with zero attached hydrogens (tertiary/aromatic N) is 5. The van der Waals surface area contributed by atoms with Gasteiger partial charge in [-0.2, -0.15) is 9.40 Å². The fraction of sp³-hybridized carbons (Fsp3) is 0.364. The van der Waals surface area contributed by atoms with E-state index in [-0.39, 0.29) is 10.7 Å². The Morgan fingerprint density at radius 1 is 1.14 bits per heavy atom. The maximum absolute atomic E-state index is 12.4. The van der Waals surface area contributed by atoms with Crippen LogP contribution in [0.15, 0.2) is 29.6 Å². The summed E-state index contributed by atoms with van der Waals surface area (Å²) < 4.78 is 26.3. The summed E-state index contributed by atoms with van der Waals surface area (Å²) in [5.41, 5.74) is 5.60. The van der Waals surface area contributed by atoms with E-state index in [1.54, 1.807) is 18.5 Å². The van der Waals surface area contributed by atoms with Gasteiger partial charge in [0, 0.05) is 38.6 Å². The predicted molar refractivity (Wildman–Crippen MR) is 76.0 cm³/mol. The zero-order valence-electron chi connectivity index (χ0n) is 11.2. The second kappa shape index (κ2) is 5.30. The molecule has 2 aromatic heterocycles. The van der Waals surface area contributed by atoms with E-state index >= 15 is 0 Å². The molecule has 0 unspecified atom stereocenters. The number of nitrogen functional groups attached to an aromatic ring is 1. The molecule has 1 aliphatic heterocycles. The van der Waals surface area contributed by atoms with Crippen molar-refractivity contribution in [3.63, 3.8) is 0 Å². The molecule has 21 heavy (non-hydrogen) atoms. The van der Waals surface area contributed by atoms with E-state index in [1.807, 2.05) is 4.90 Å². The molecule has 0 saturated carbocycles. The number of hydrogen-bond donors (Lipinski definition) is 2. The fourth-order valence-electron chi connectivity index (χ4n) is 2.21. The number of piperazine rings is 1. The largest absolute Gasteiger partial charge is 0.383 e. The van der Waals surface area contributed by atoms with E-state index in [2.05, 4.69) is 20.2 Å². The van der Waals surface area contributed by atoms with Gasteiger partial charge in [0.15, 0.2) is 0 Å². The van der Waals surface area contributed by atoms with Crippen molar-refractivity contribution in [3.8, 4) is 0 Å². The molecule has 1 saturated heterocycles. The summed E-state index contributed by atoms with van der Waals surface area (Å²) in [4.78, 5) is 10.3. The SMILES string of the molecule is Nc1[nH]ncc1S(=O)(=O)N1CCN(c2ncccn2)CC1. The Bertz CT molecular complexity index is 707. The van der Waals surface area contributed by atoms with Crippen LogP contribution in [0.3, 0.4) is 0 Å². The average Bonchev–Trinajstić information content (AvgIpc) is 2.95. The highest BCUT2D eigenvalue weighted by Gasteiger charge is 2.31. The lowest BCUT2D eigenvalue weighted by molar-refractivity contribution is 0.383. The van der Waals surface area contributed by atoms with Crippen LogP contribution in [0.5, 0.6) is 0 Å². The summed E-state index contributed by atoms with van der Waals surface area (Å²) in [6.07, 6.45) is 4.56. The molecule has 1 fully saturated rings. The Balaban J connectivity index is 1.73.